The van der Waals surface area contributed by atoms with Gasteiger partial charge < -0.3 is 20.3 Å². The van der Waals surface area contributed by atoms with E-state index in [-0.39, 0.29) is 11.8 Å². The zero-order valence-corrected chi connectivity index (χ0v) is 12.8. The summed E-state index contributed by atoms with van der Waals surface area (Å²) in [5, 5.41) is 6.41. The molecule has 22 heavy (non-hydrogen) atoms. The van der Waals surface area contributed by atoms with Crippen molar-refractivity contribution in [2.75, 3.05) is 31.2 Å². The predicted molar refractivity (Wildman–Crippen MR) is 83.0 cm³/mol. The van der Waals surface area contributed by atoms with Crippen molar-refractivity contribution in [3.63, 3.8) is 0 Å². The van der Waals surface area contributed by atoms with Crippen LogP contribution in [0.5, 0.6) is 0 Å². The largest absolute Gasteiger partial charge is 0.378 e. The van der Waals surface area contributed by atoms with Gasteiger partial charge in [0.15, 0.2) is 0 Å². The van der Waals surface area contributed by atoms with Gasteiger partial charge in [-0.05, 0) is 18.6 Å². The summed E-state index contributed by atoms with van der Waals surface area (Å²) in [6.07, 6.45) is 0.573. The quantitative estimate of drug-likeness (QED) is 0.852. The summed E-state index contributed by atoms with van der Waals surface area (Å²) in [5.41, 5.74) is 0.685. The number of ether oxygens (including phenoxy) is 1. The van der Waals surface area contributed by atoms with Crippen LogP contribution in [0, 0.1) is 0 Å². The fourth-order valence-corrected chi connectivity index (χ4v) is 2.97. The van der Waals surface area contributed by atoms with Crippen molar-refractivity contribution in [1.82, 2.24) is 10.6 Å². The maximum Gasteiger partial charge on any atom is 0.249 e. The molecule has 2 aliphatic heterocycles. The third-order valence-electron chi connectivity index (χ3n) is 3.90. The first-order valence-electron chi connectivity index (χ1n) is 7.34. The number of amides is 2. The third-order valence-corrected chi connectivity index (χ3v) is 4.22. The average molecular weight is 324 g/mol. The van der Waals surface area contributed by atoms with Gasteiger partial charge in [-0.15, -0.1) is 0 Å². The lowest BCUT2D eigenvalue weighted by molar-refractivity contribution is -0.129. The van der Waals surface area contributed by atoms with E-state index in [1.807, 2.05) is 12.1 Å². The van der Waals surface area contributed by atoms with E-state index in [4.69, 9.17) is 16.3 Å². The van der Waals surface area contributed by atoms with Crippen molar-refractivity contribution >= 4 is 29.1 Å². The summed E-state index contributed by atoms with van der Waals surface area (Å²) in [7, 11) is 0. The van der Waals surface area contributed by atoms with Crippen molar-refractivity contribution < 1.29 is 14.3 Å². The highest BCUT2D eigenvalue weighted by molar-refractivity contribution is 6.34. The number of benzene rings is 1. The van der Waals surface area contributed by atoms with E-state index in [0.29, 0.717) is 43.4 Å². The summed E-state index contributed by atoms with van der Waals surface area (Å²) in [4.78, 5) is 26.3. The molecule has 7 heteroatoms. The minimum absolute atomic E-state index is 0.127. The van der Waals surface area contributed by atoms with Gasteiger partial charge in [-0.1, -0.05) is 23.7 Å². The van der Waals surface area contributed by atoms with Crippen LogP contribution in [0.15, 0.2) is 24.3 Å². The van der Waals surface area contributed by atoms with Crippen LogP contribution in [0.25, 0.3) is 0 Å². The molecule has 2 amide bonds. The Morgan fingerprint density at radius 1 is 1.41 bits per heavy atom. The molecule has 2 aliphatic rings. The van der Waals surface area contributed by atoms with E-state index in [1.165, 1.54) is 0 Å². The second-order valence-corrected chi connectivity index (χ2v) is 5.78. The predicted octanol–water partition coefficient (Wildman–Crippen LogP) is 0.550. The smallest absolute Gasteiger partial charge is 0.249 e. The van der Waals surface area contributed by atoms with Crippen LogP contribution < -0.4 is 15.5 Å². The Morgan fingerprint density at radius 3 is 2.95 bits per heavy atom. The molecule has 0 aromatic heterocycles. The fourth-order valence-electron chi connectivity index (χ4n) is 2.73. The molecule has 3 rings (SSSR count). The van der Waals surface area contributed by atoms with E-state index < -0.39 is 12.1 Å². The number of carbonyl (C=O) groups excluding carboxylic acids is 2. The number of morpholine rings is 1. The molecule has 6 nitrogen and oxygen atoms in total. The summed E-state index contributed by atoms with van der Waals surface area (Å²) in [6.45, 7) is 2.12. The van der Waals surface area contributed by atoms with Crippen LogP contribution in [0.3, 0.4) is 0 Å². The van der Waals surface area contributed by atoms with Crippen LogP contribution in [-0.4, -0.2) is 50.2 Å². The molecule has 0 saturated carbocycles. The molecule has 2 fully saturated rings. The maximum atomic E-state index is 12.5. The molecule has 0 bridgehead atoms. The van der Waals surface area contributed by atoms with E-state index in [1.54, 1.807) is 17.0 Å². The number of rotatable bonds is 3. The van der Waals surface area contributed by atoms with Crippen LogP contribution in [0.4, 0.5) is 5.69 Å². The maximum absolute atomic E-state index is 12.5. The first kappa shape index (κ1) is 15.3. The van der Waals surface area contributed by atoms with Gasteiger partial charge in [0.1, 0.15) is 12.1 Å². The highest BCUT2D eigenvalue weighted by Crippen LogP contribution is 2.28. The Kier molecular flexibility index (Phi) is 4.61. The van der Waals surface area contributed by atoms with E-state index in [2.05, 4.69) is 10.6 Å². The van der Waals surface area contributed by atoms with Crippen molar-refractivity contribution in [1.29, 1.82) is 0 Å². The standard InChI is InChI=1S/C15H18ClN3O3/c16-10-3-1-2-4-13(10)19-7-5-11(15(19)21)18-14(20)12-9-22-8-6-17-12/h1-4,11-12,17H,5-9H2,(H,18,20)/t11-,12+/m0/s1. The lowest BCUT2D eigenvalue weighted by Crippen LogP contribution is -2.54. The van der Waals surface area contributed by atoms with E-state index >= 15 is 0 Å². The van der Waals surface area contributed by atoms with Gasteiger partial charge in [0.2, 0.25) is 11.8 Å². The molecular weight excluding hydrogens is 306 g/mol. The molecule has 1 aromatic rings. The molecule has 0 aliphatic carbocycles. The molecule has 2 N–H and O–H groups in total. The van der Waals surface area contributed by atoms with Crippen molar-refractivity contribution in [3.05, 3.63) is 29.3 Å². The normalized spacial score (nSPS) is 25.3. The van der Waals surface area contributed by atoms with Gasteiger partial charge in [-0.25, -0.2) is 0 Å². The van der Waals surface area contributed by atoms with Crippen molar-refractivity contribution in [3.8, 4) is 0 Å². The van der Waals surface area contributed by atoms with Gasteiger partial charge in [0.05, 0.1) is 23.9 Å². The Bertz CT molecular complexity index is 575. The van der Waals surface area contributed by atoms with Crippen LogP contribution in [0.2, 0.25) is 5.02 Å². The molecule has 0 unspecified atom stereocenters. The molecule has 2 saturated heterocycles. The SMILES string of the molecule is O=C(N[C@H]1CCN(c2ccccc2Cl)C1=O)[C@H]1COCCN1. The molecule has 118 valence electrons. The first-order valence-corrected chi connectivity index (χ1v) is 7.72. The topological polar surface area (TPSA) is 70.7 Å². The fraction of sp³-hybridized carbons (Fsp3) is 0.467. The Labute approximate surface area is 133 Å². The Balaban J connectivity index is 1.64. The highest BCUT2D eigenvalue weighted by Gasteiger charge is 2.35. The molecule has 0 spiro atoms. The van der Waals surface area contributed by atoms with E-state index in [9.17, 15) is 9.59 Å². The summed E-state index contributed by atoms with van der Waals surface area (Å²) >= 11 is 6.14. The van der Waals surface area contributed by atoms with Gasteiger partial charge in [0, 0.05) is 13.1 Å². The molecule has 2 heterocycles. The average Bonchev–Trinajstić information content (AvgIpc) is 2.90. The number of hydrogen-bond acceptors (Lipinski definition) is 4. The van der Waals surface area contributed by atoms with Crippen molar-refractivity contribution in [2.24, 2.45) is 0 Å². The molecule has 1 aromatic carbocycles. The zero-order chi connectivity index (χ0) is 15.5. The highest BCUT2D eigenvalue weighted by atomic mass is 35.5. The second-order valence-electron chi connectivity index (χ2n) is 5.37. The van der Waals surface area contributed by atoms with Gasteiger partial charge in [-0.2, -0.15) is 0 Å². The number of anilines is 1. The minimum Gasteiger partial charge on any atom is -0.378 e. The van der Waals surface area contributed by atoms with Gasteiger partial charge in [0.25, 0.3) is 0 Å². The molecule has 0 radical (unpaired) electrons. The minimum atomic E-state index is -0.507. The number of nitrogens with zero attached hydrogens (tertiary/aromatic N) is 1. The van der Waals surface area contributed by atoms with Crippen molar-refractivity contribution in [2.45, 2.75) is 18.5 Å². The summed E-state index contributed by atoms with van der Waals surface area (Å²) in [6, 6.07) is 6.31. The molecular formula is C15H18ClN3O3. The number of carbonyl (C=O) groups is 2. The number of nitrogens with one attached hydrogen (secondary N) is 2. The lowest BCUT2D eigenvalue weighted by atomic mass is 10.2. The zero-order valence-electron chi connectivity index (χ0n) is 12.0. The Morgan fingerprint density at radius 2 is 2.23 bits per heavy atom. The van der Waals surface area contributed by atoms with Crippen LogP contribution in [0.1, 0.15) is 6.42 Å². The number of halogens is 1. The van der Waals surface area contributed by atoms with Gasteiger partial charge >= 0.3 is 0 Å². The van der Waals surface area contributed by atoms with Crippen LogP contribution >= 0.6 is 11.6 Å². The second kappa shape index (κ2) is 6.64. The number of hydrogen-bond donors (Lipinski definition) is 2. The Hall–Kier alpha value is -1.63. The van der Waals surface area contributed by atoms with E-state index in [0.717, 1.165) is 0 Å². The monoisotopic (exact) mass is 323 g/mol. The third kappa shape index (κ3) is 3.09. The number of para-hydroxylation sites is 1. The summed E-state index contributed by atoms with van der Waals surface area (Å²) < 4.78 is 5.26. The first-order chi connectivity index (χ1) is 10.7. The van der Waals surface area contributed by atoms with Crippen LogP contribution in [-0.2, 0) is 14.3 Å². The summed E-state index contributed by atoms with van der Waals surface area (Å²) in [5.74, 6) is -0.322. The lowest BCUT2D eigenvalue weighted by Gasteiger charge is -2.24. The molecule has 2 atom stereocenters. The van der Waals surface area contributed by atoms with Gasteiger partial charge in [-0.3, -0.25) is 9.59 Å².